The van der Waals surface area contributed by atoms with Crippen LogP contribution in [0, 0.1) is 18.3 Å². The molecule has 0 bridgehead atoms. The maximum Gasteiger partial charge on any atom is 0.269 e. The fourth-order valence-corrected chi connectivity index (χ4v) is 2.56. The van der Waals surface area contributed by atoms with Crippen molar-refractivity contribution in [3.8, 4) is 6.07 Å². The Hall–Kier alpha value is -2.43. The Labute approximate surface area is 147 Å². The minimum absolute atomic E-state index is 0.00103. The Morgan fingerprint density at radius 1 is 1.38 bits per heavy atom. The van der Waals surface area contributed by atoms with Gasteiger partial charge in [-0.05, 0) is 37.3 Å². The van der Waals surface area contributed by atoms with Crippen molar-refractivity contribution in [2.45, 2.75) is 20.1 Å². The standard InChI is InChI=1S/C17H16BrN3O3/c1-11-7-12(10-24-2)15(8-19)17(23)21(11)9-16(22)20-14-5-3-13(18)4-6-14/h3-7H,9-10H2,1-2H3,(H,20,22). The van der Waals surface area contributed by atoms with Crippen LogP contribution in [0.25, 0.3) is 0 Å². The van der Waals surface area contributed by atoms with Crippen LogP contribution in [0.2, 0.25) is 0 Å². The lowest BCUT2D eigenvalue weighted by Crippen LogP contribution is -2.31. The zero-order chi connectivity index (χ0) is 17.7. The van der Waals surface area contributed by atoms with Gasteiger partial charge in [-0.3, -0.25) is 9.59 Å². The van der Waals surface area contributed by atoms with Crippen molar-refractivity contribution in [2.75, 3.05) is 12.4 Å². The number of hydrogen-bond donors (Lipinski definition) is 1. The van der Waals surface area contributed by atoms with E-state index in [1.165, 1.54) is 11.7 Å². The van der Waals surface area contributed by atoms with Gasteiger partial charge in [-0.2, -0.15) is 5.26 Å². The minimum atomic E-state index is -0.490. The molecule has 1 heterocycles. The highest BCUT2D eigenvalue weighted by Crippen LogP contribution is 2.14. The fraction of sp³-hybridized carbons (Fsp3) is 0.235. The maximum atomic E-state index is 12.4. The molecule has 2 aromatic rings. The highest BCUT2D eigenvalue weighted by atomic mass is 79.9. The van der Waals surface area contributed by atoms with Crippen molar-refractivity contribution in [3.63, 3.8) is 0 Å². The molecule has 6 nitrogen and oxygen atoms in total. The Morgan fingerprint density at radius 3 is 2.62 bits per heavy atom. The van der Waals surface area contributed by atoms with Gasteiger partial charge in [0.25, 0.3) is 5.56 Å². The van der Waals surface area contributed by atoms with E-state index < -0.39 is 5.56 Å². The number of carbonyl (C=O) groups is 1. The van der Waals surface area contributed by atoms with Gasteiger partial charge in [0.2, 0.25) is 5.91 Å². The zero-order valence-corrected chi connectivity index (χ0v) is 14.9. The van der Waals surface area contributed by atoms with Crippen LogP contribution in [0.4, 0.5) is 5.69 Å². The average molecular weight is 390 g/mol. The summed E-state index contributed by atoms with van der Waals surface area (Å²) in [5.41, 5.74) is 1.25. The third-order valence-electron chi connectivity index (χ3n) is 3.43. The van der Waals surface area contributed by atoms with Crippen LogP contribution in [0.5, 0.6) is 0 Å². The summed E-state index contributed by atoms with van der Waals surface area (Å²) in [6.07, 6.45) is 0. The van der Waals surface area contributed by atoms with Crippen molar-refractivity contribution < 1.29 is 9.53 Å². The predicted molar refractivity (Wildman–Crippen MR) is 93.6 cm³/mol. The van der Waals surface area contributed by atoms with E-state index in [2.05, 4.69) is 21.2 Å². The van der Waals surface area contributed by atoms with Gasteiger partial charge in [0.15, 0.2) is 0 Å². The molecule has 0 spiro atoms. The summed E-state index contributed by atoms with van der Waals surface area (Å²) in [5.74, 6) is -0.342. The number of amides is 1. The Kier molecular flexibility index (Phi) is 5.90. The molecule has 0 aliphatic rings. The van der Waals surface area contributed by atoms with Crippen LogP contribution in [-0.2, 0) is 22.7 Å². The van der Waals surface area contributed by atoms with E-state index >= 15 is 0 Å². The number of hydrogen-bond acceptors (Lipinski definition) is 4. The van der Waals surface area contributed by atoms with Crippen LogP contribution in [0.3, 0.4) is 0 Å². The average Bonchev–Trinajstić information content (AvgIpc) is 2.54. The molecule has 0 fully saturated rings. The number of aromatic nitrogens is 1. The molecule has 1 aromatic heterocycles. The molecule has 0 saturated heterocycles. The lowest BCUT2D eigenvalue weighted by molar-refractivity contribution is -0.116. The van der Waals surface area contributed by atoms with Gasteiger partial charge in [0.1, 0.15) is 18.2 Å². The van der Waals surface area contributed by atoms with Crippen molar-refractivity contribution in [2.24, 2.45) is 0 Å². The molecule has 0 saturated carbocycles. The fourth-order valence-electron chi connectivity index (χ4n) is 2.30. The van der Waals surface area contributed by atoms with Crippen LogP contribution in [0.1, 0.15) is 16.8 Å². The van der Waals surface area contributed by atoms with Gasteiger partial charge >= 0.3 is 0 Å². The van der Waals surface area contributed by atoms with E-state index in [-0.39, 0.29) is 24.6 Å². The molecular formula is C17H16BrN3O3. The van der Waals surface area contributed by atoms with Crippen LogP contribution >= 0.6 is 15.9 Å². The van der Waals surface area contributed by atoms with E-state index in [1.807, 2.05) is 6.07 Å². The highest BCUT2D eigenvalue weighted by molar-refractivity contribution is 9.10. The molecule has 1 aromatic carbocycles. The molecule has 0 aliphatic carbocycles. The molecule has 2 rings (SSSR count). The SMILES string of the molecule is COCc1cc(C)n(CC(=O)Nc2ccc(Br)cc2)c(=O)c1C#N. The first-order valence-corrected chi connectivity index (χ1v) is 7.93. The van der Waals surface area contributed by atoms with Gasteiger partial charge in [-0.15, -0.1) is 0 Å². The molecule has 1 amide bonds. The maximum absolute atomic E-state index is 12.4. The quantitative estimate of drug-likeness (QED) is 0.851. The van der Waals surface area contributed by atoms with Crippen molar-refractivity contribution in [1.29, 1.82) is 5.26 Å². The third kappa shape index (κ3) is 4.10. The lowest BCUT2D eigenvalue weighted by atomic mass is 10.1. The van der Waals surface area contributed by atoms with Crippen LogP contribution in [-0.4, -0.2) is 17.6 Å². The van der Waals surface area contributed by atoms with Crippen molar-refractivity contribution in [3.05, 3.63) is 62.0 Å². The first-order chi connectivity index (χ1) is 11.5. The number of rotatable bonds is 5. The number of methoxy groups -OCH3 is 1. The number of nitrogens with one attached hydrogen (secondary N) is 1. The molecule has 24 heavy (non-hydrogen) atoms. The number of carbonyl (C=O) groups excluding carboxylic acids is 1. The summed E-state index contributed by atoms with van der Waals surface area (Å²) in [5, 5.41) is 11.9. The van der Waals surface area contributed by atoms with E-state index in [0.29, 0.717) is 16.9 Å². The summed E-state index contributed by atoms with van der Waals surface area (Å²) in [6.45, 7) is 1.72. The Balaban J connectivity index is 2.26. The second-order valence-corrected chi connectivity index (χ2v) is 6.09. The molecule has 0 aliphatic heterocycles. The smallest absolute Gasteiger partial charge is 0.269 e. The topological polar surface area (TPSA) is 84.1 Å². The lowest BCUT2D eigenvalue weighted by Gasteiger charge is -2.13. The monoisotopic (exact) mass is 389 g/mol. The van der Waals surface area contributed by atoms with E-state index in [0.717, 1.165) is 4.47 Å². The second-order valence-electron chi connectivity index (χ2n) is 5.18. The first kappa shape index (κ1) is 17.9. The van der Waals surface area contributed by atoms with Crippen LogP contribution in [0.15, 0.2) is 39.6 Å². The summed E-state index contributed by atoms with van der Waals surface area (Å²) in [6, 6.07) is 10.7. The summed E-state index contributed by atoms with van der Waals surface area (Å²) in [4.78, 5) is 24.6. The molecule has 1 N–H and O–H groups in total. The molecule has 0 radical (unpaired) electrons. The second kappa shape index (κ2) is 7.90. The number of anilines is 1. The van der Waals surface area contributed by atoms with E-state index in [4.69, 9.17) is 4.74 Å². The number of ether oxygens (including phenoxy) is 1. The molecule has 0 unspecified atom stereocenters. The van der Waals surface area contributed by atoms with Gasteiger partial charge < -0.3 is 14.6 Å². The number of nitriles is 1. The van der Waals surface area contributed by atoms with Crippen molar-refractivity contribution in [1.82, 2.24) is 4.57 Å². The van der Waals surface area contributed by atoms with Gasteiger partial charge in [0, 0.05) is 28.5 Å². The largest absolute Gasteiger partial charge is 0.380 e. The molecular weight excluding hydrogens is 374 g/mol. The number of nitrogens with zero attached hydrogens (tertiary/aromatic N) is 2. The predicted octanol–water partition coefficient (Wildman–Crippen LogP) is 2.58. The molecule has 124 valence electrons. The number of benzene rings is 1. The summed E-state index contributed by atoms with van der Waals surface area (Å²) < 4.78 is 7.19. The highest BCUT2D eigenvalue weighted by Gasteiger charge is 2.15. The zero-order valence-electron chi connectivity index (χ0n) is 13.3. The number of halogens is 1. The number of pyridine rings is 1. The number of aryl methyl sites for hydroxylation is 1. The van der Waals surface area contributed by atoms with E-state index in [9.17, 15) is 14.9 Å². The van der Waals surface area contributed by atoms with Gasteiger partial charge in [0.05, 0.1) is 6.61 Å². The molecule has 7 heteroatoms. The first-order valence-electron chi connectivity index (χ1n) is 7.14. The Bertz CT molecular complexity index is 851. The van der Waals surface area contributed by atoms with E-state index in [1.54, 1.807) is 37.3 Å². The van der Waals surface area contributed by atoms with Gasteiger partial charge in [-0.25, -0.2) is 0 Å². The third-order valence-corrected chi connectivity index (χ3v) is 3.96. The summed E-state index contributed by atoms with van der Waals surface area (Å²) in [7, 11) is 1.49. The van der Waals surface area contributed by atoms with Crippen molar-refractivity contribution >= 4 is 27.5 Å². The molecule has 0 atom stereocenters. The normalized spacial score (nSPS) is 10.2. The Morgan fingerprint density at radius 2 is 2.04 bits per heavy atom. The summed E-state index contributed by atoms with van der Waals surface area (Å²) >= 11 is 3.32. The van der Waals surface area contributed by atoms with Gasteiger partial charge in [-0.1, -0.05) is 15.9 Å². The minimum Gasteiger partial charge on any atom is -0.380 e. The van der Waals surface area contributed by atoms with Crippen LogP contribution < -0.4 is 10.9 Å².